The van der Waals surface area contributed by atoms with E-state index >= 15 is 0 Å². The lowest BCUT2D eigenvalue weighted by Crippen LogP contribution is -2.29. The van der Waals surface area contributed by atoms with Gasteiger partial charge >= 0.3 is 5.91 Å². The number of anilines is 1. The van der Waals surface area contributed by atoms with E-state index in [1.165, 1.54) is 23.1 Å². The summed E-state index contributed by atoms with van der Waals surface area (Å²) in [6.45, 7) is 8.05. The van der Waals surface area contributed by atoms with Crippen molar-refractivity contribution >= 4 is 44.1 Å². The van der Waals surface area contributed by atoms with E-state index in [0.717, 1.165) is 16.9 Å². The fourth-order valence-electron chi connectivity index (χ4n) is 5.29. The lowest BCUT2D eigenvalue weighted by molar-refractivity contribution is -0.132. The number of aliphatic hydroxyl groups excluding tert-OH is 1. The van der Waals surface area contributed by atoms with E-state index in [9.17, 15) is 19.1 Å². The van der Waals surface area contributed by atoms with Gasteiger partial charge < -0.3 is 19.3 Å². The molecule has 0 spiro atoms. The number of ketones is 1. The van der Waals surface area contributed by atoms with Crippen LogP contribution in [0.3, 0.4) is 0 Å². The number of hydrogen-bond donors (Lipinski definition) is 1. The number of aliphatic hydroxyl groups is 1. The lowest BCUT2D eigenvalue weighted by atomic mass is 9.94. The van der Waals surface area contributed by atoms with E-state index < -0.39 is 23.5 Å². The molecule has 214 valence electrons. The third kappa shape index (κ3) is 4.77. The molecule has 2 atom stereocenters. The SMILES string of the molecule is C=CCOc1ccc([C@@H]2/C(=C(\O)c3ccc4c(c3)C[C@H](C)O4)C(=O)C(=O)N2c2nc3ccc(F)cc3s2)cc1OCC. The molecular formula is C32H27FN2O6S. The molecule has 0 aliphatic carbocycles. The molecule has 10 heteroatoms. The second-order valence-corrected chi connectivity index (χ2v) is 11.0. The van der Waals surface area contributed by atoms with E-state index in [4.69, 9.17) is 14.2 Å². The third-order valence-electron chi connectivity index (χ3n) is 7.10. The average molecular weight is 587 g/mol. The average Bonchev–Trinajstić information content (AvgIpc) is 3.63. The summed E-state index contributed by atoms with van der Waals surface area (Å²) in [6, 6.07) is 13.3. The summed E-state index contributed by atoms with van der Waals surface area (Å²) >= 11 is 1.08. The molecule has 0 unspecified atom stereocenters. The molecule has 8 nitrogen and oxygen atoms in total. The highest BCUT2D eigenvalue weighted by Gasteiger charge is 2.48. The summed E-state index contributed by atoms with van der Waals surface area (Å²) in [4.78, 5) is 33.1. The van der Waals surface area contributed by atoms with Crippen molar-refractivity contribution in [2.45, 2.75) is 32.4 Å². The number of ether oxygens (including phenoxy) is 3. The number of aromatic nitrogens is 1. The van der Waals surface area contributed by atoms with Crippen LogP contribution in [0.25, 0.3) is 16.0 Å². The van der Waals surface area contributed by atoms with E-state index in [0.29, 0.717) is 51.6 Å². The first-order valence-electron chi connectivity index (χ1n) is 13.5. The van der Waals surface area contributed by atoms with E-state index in [-0.39, 0.29) is 29.2 Å². The Labute approximate surface area is 245 Å². The molecule has 3 heterocycles. The predicted octanol–water partition coefficient (Wildman–Crippen LogP) is 6.35. The molecule has 3 aromatic carbocycles. The van der Waals surface area contributed by atoms with E-state index in [1.54, 1.807) is 42.5 Å². The molecule has 0 radical (unpaired) electrons. The minimum Gasteiger partial charge on any atom is -0.507 e. The first-order chi connectivity index (χ1) is 20.3. The Kier molecular flexibility index (Phi) is 7.16. The van der Waals surface area contributed by atoms with Gasteiger partial charge in [0.2, 0.25) is 0 Å². The number of halogens is 1. The third-order valence-corrected chi connectivity index (χ3v) is 8.12. The van der Waals surface area contributed by atoms with Crippen molar-refractivity contribution in [3.8, 4) is 17.2 Å². The number of carbonyl (C=O) groups excluding carboxylic acids is 2. The molecular weight excluding hydrogens is 559 g/mol. The van der Waals surface area contributed by atoms with Gasteiger partial charge in [0.05, 0.1) is 28.4 Å². The Hall–Kier alpha value is -4.70. The number of thiazole rings is 1. The van der Waals surface area contributed by atoms with Crippen molar-refractivity contribution in [2.24, 2.45) is 0 Å². The Bertz CT molecular complexity index is 1780. The zero-order valence-corrected chi connectivity index (χ0v) is 23.7. The Balaban J connectivity index is 1.54. The lowest BCUT2D eigenvalue weighted by Gasteiger charge is -2.24. The second kappa shape index (κ2) is 10.9. The van der Waals surface area contributed by atoms with Crippen LogP contribution in [0.4, 0.5) is 9.52 Å². The van der Waals surface area contributed by atoms with Gasteiger partial charge in [-0.2, -0.15) is 0 Å². The van der Waals surface area contributed by atoms with Gasteiger partial charge in [0.15, 0.2) is 16.6 Å². The summed E-state index contributed by atoms with van der Waals surface area (Å²) < 4.78 is 31.9. The number of rotatable bonds is 8. The molecule has 2 aliphatic rings. The standard InChI is InChI=1S/C32H27FN2O6S/c1-4-12-40-24-11-6-18(15-25(24)39-5-2)28-27(29(36)19-7-10-23-20(14-19)13-17(3)41-23)30(37)31(38)35(28)32-34-22-9-8-21(33)16-26(22)42-32/h4,6-11,14-17,28,36H,1,5,12-13H2,2-3H3/b29-27+/t17-,28+/m0/s1. The van der Waals surface area contributed by atoms with Crippen molar-refractivity contribution in [3.05, 3.63) is 95.3 Å². The first-order valence-corrected chi connectivity index (χ1v) is 14.3. The first kappa shape index (κ1) is 27.5. The van der Waals surface area contributed by atoms with Gasteiger partial charge in [-0.15, -0.1) is 0 Å². The Morgan fingerprint density at radius 3 is 2.79 bits per heavy atom. The molecule has 42 heavy (non-hydrogen) atoms. The molecule has 0 saturated carbocycles. The number of hydrogen-bond acceptors (Lipinski definition) is 8. The summed E-state index contributed by atoms with van der Waals surface area (Å²) in [7, 11) is 0. The maximum absolute atomic E-state index is 14.0. The molecule has 1 aromatic heterocycles. The van der Waals surface area contributed by atoms with Gasteiger partial charge in [0.25, 0.3) is 5.78 Å². The molecule has 1 fully saturated rings. The van der Waals surface area contributed by atoms with Crippen LogP contribution in [0.1, 0.15) is 36.6 Å². The van der Waals surface area contributed by atoms with Crippen LogP contribution in [-0.4, -0.2) is 41.1 Å². The maximum atomic E-state index is 14.0. The number of benzene rings is 3. The molecule has 2 aliphatic heterocycles. The van der Waals surface area contributed by atoms with Gasteiger partial charge in [0.1, 0.15) is 30.0 Å². The summed E-state index contributed by atoms with van der Waals surface area (Å²) in [6.07, 6.45) is 2.25. The molecule has 1 amide bonds. The minimum absolute atomic E-state index is 0.00865. The summed E-state index contributed by atoms with van der Waals surface area (Å²) in [5, 5.41) is 11.8. The molecule has 4 aromatic rings. The largest absolute Gasteiger partial charge is 0.507 e. The van der Waals surface area contributed by atoms with E-state index in [1.807, 2.05) is 13.8 Å². The zero-order valence-electron chi connectivity index (χ0n) is 22.9. The van der Waals surface area contributed by atoms with Gasteiger partial charge in [-0.05, 0) is 73.5 Å². The van der Waals surface area contributed by atoms with Gasteiger partial charge in [-0.25, -0.2) is 9.37 Å². The molecule has 6 rings (SSSR count). The Morgan fingerprint density at radius 1 is 1.17 bits per heavy atom. The highest BCUT2D eigenvalue weighted by molar-refractivity contribution is 7.22. The molecule has 1 N–H and O–H groups in total. The van der Waals surface area contributed by atoms with Crippen molar-refractivity contribution in [1.29, 1.82) is 0 Å². The van der Waals surface area contributed by atoms with Crippen LogP contribution in [0, 0.1) is 5.82 Å². The second-order valence-electron chi connectivity index (χ2n) is 9.97. The number of nitrogens with zero attached hydrogens (tertiary/aromatic N) is 2. The quantitative estimate of drug-likeness (QED) is 0.111. The monoisotopic (exact) mass is 586 g/mol. The van der Waals surface area contributed by atoms with Crippen molar-refractivity contribution in [3.63, 3.8) is 0 Å². The van der Waals surface area contributed by atoms with Crippen molar-refractivity contribution in [1.82, 2.24) is 4.98 Å². The van der Waals surface area contributed by atoms with Crippen LogP contribution in [0.15, 0.2) is 72.8 Å². The molecule has 0 bridgehead atoms. The Morgan fingerprint density at radius 2 is 2.00 bits per heavy atom. The van der Waals surface area contributed by atoms with Gasteiger partial charge in [-0.1, -0.05) is 30.1 Å². The maximum Gasteiger partial charge on any atom is 0.301 e. The normalized spacial score (nSPS) is 19.2. The fourth-order valence-corrected chi connectivity index (χ4v) is 6.31. The molecule has 1 saturated heterocycles. The highest BCUT2D eigenvalue weighted by atomic mass is 32.1. The summed E-state index contributed by atoms with van der Waals surface area (Å²) in [5.41, 5.74) is 2.16. The zero-order chi connectivity index (χ0) is 29.5. The smallest absolute Gasteiger partial charge is 0.301 e. The van der Waals surface area contributed by atoms with Gasteiger partial charge in [0, 0.05) is 12.0 Å². The van der Waals surface area contributed by atoms with Crippen molar-refractivity contribution in [2.75, 3.05) is 18.1 Å². The topological polar surface area (TPSA) is 98.2 Å². The van der Waals surface area contributed by atoms with Crippen LogP contribution >= 0.6 is 11.3 Å². The van der Waals surface area contributed by atoms with Crippen LogP contribution in [0.5, 0.6) is 17.2 Å². The minimum atomic E-state index is -1.05. The number of carbonyl (C=O) groups is 2. The van der Waals surface area contributed by atoms with Crippen molar-refractivity contribution < 1.29 is 33.3 Å². The van der Waals surface area contributed by atoms with Gasteiger partial charge in [-0.3, -0.25) is 14.5 Å². The van der Waals surface area contributed by atoms with Crippen LogP contribution in [0.2, 0.25) is 0 Å². The van der Waals surface area contributed by atoms with E-state index in [2.05, 4.69) is 11.6 Å². The number of fused-ring (bicyclic) bond motifs is 2. The number of amides is 1. The predicted molar refractivity (Wildman–Crippen MR) is 158 cm³/mol. The summed E-state index contributed by atoms with van der Waals surface area (Å²) in [5.74, 6) is -0.905. The fraction of sp³-hybridized carbons (Fsp3) is 0.219. The number of Topliss-reactive ketones (excluding diaryl/α,β-unsaturated/α-hetero) is 1. The van der Waals surface area contributed by atoms with Crippen LogP contribution < -0.4 is 19.1 Å². The highest BCUT2D eigenvalue weighted by Crippen LogP contribution is 2.46. The van der Waals surface area contributed by atoms with Crippen LogP contribution in [-0.2, 0) is 16.0 Å².